The van der Waals surface area contributed by atoms with Crippen LogP contribution in [0.25, 0.3) is 6.08 Å². The highest BCUT2D eigenvalue weighted by Gasteiger charge is 2.26. The first kappa shape index (κ1) is 23.2. The molecule has 1 amide bonds. The van der Waals surface area contributed by atoms with Gasteiger partial charge >= 0.3 is 0 Å². The molecule has 0 spiro atoms. The number of ether oxygens (including phenoxy) is 4. The third-order valence-electron chi connectivity index (χ3n) is 5.42. The van der Waals surface area contributed by atoms with Crippen LogP contribution in [0.4, 0.5) is 5.69 Å². The minimum Gasteiger partial charge on any atom is -0.495 e. The molecule has 1 aliphatic heterocycles. The number of fused-ring (bicyclic) bond motifs is 1. The molecule has 4 rings (SSSR count). The van der Waals surface area contributed by atoms with Crippen LogP contribution in [-0.4, -0.2) is 37.3 Å². The molecule has 1 N–H and O–H groups in total. The van der Waals surface area contributed by atoms with Crippen molar-refractivity contribution in [3.05, 3.63) is 77.6 Å². The Hall–Kier alpha value is -4.00. The summed E-state index contributed by atoms with van der Waals surface area (Å²) < 4.78 is 22.9. The summed E-state index contributed by atoms with van der Waals surface area (Å²) in [7, 11) is 3.11. The Kier molecular flexibility index (Phi) is 6.72. The van der Waals surface area contributed by atoms with E-state index in [-0.39, 0.29) is 5.91 Å². The normalized spacial score (nSPS) is 13.4. The van der Waals surface area contributed by atoms with Gasteiger partial charge in [-0.25, -0.2) is 0 Å². The number of hydrogen-bond acceptors (Lipinski definition) is 6. The van der Waals surface area contributed by atoms with Crippen LogP contribution >= 0.6 is 0 Å². The van der Waals surface area contributed by atoms with E-state index in [0.717, 1.165) is 17.5 Å². The molecule has 0 fully saturated rings. The number of methoxy groups -OCH3 is 2. The lowest BCUT2D eigenvalue weighted by atomic mass is 9.99. The monoisotopic (exact) mass is 460 g/mol. The summed E-state index contributed by atoms with van der Waals surface area (Å²) in [6, 6.07) is 12.7. The van der Waals surface area contributed by atoms with Gasteiger partial charge in [0.1, 0.15) is 17.1 Å². The predicted octanol–water partition coefficient (Wildman–Crippen LogP) is 5.16. The molecule has 2 heterocycles. The Balaban J connectivity index is 1.48. The maximum Gasteiger partial charge on any atom is 0.259 e. The van der Waals surface area contributed by atoms with Crippen LogP contribution in [0.2, 0.25) is 0 Å². The Morgan fingerprint density at radius 1 is 1.09 bits per heavy atom. The molecule has 0 saturated carbocycles. The lowest BCUT2D eigenvalue weighted by molar-refractivity contribution is 0.102. The molecule has 0 atom stereocenters. The fraction of sp³-hybridized carbons (Fsp3) is 0.259. The maximum atomic E-state index is 13.1. The lowest BCUT2D eigenvalue weighted by Crippen LogP contribution is -2.28. The quantitative estimate of drug-likeness (QED) is 0.500. The average Bonchev–Trinajstić information content (AvgIpc) is 2.84. The van der Waals surface area contributed by atoms with E-state index in [1.165, 1.54) is 0 Å². The lowest BCUT2D eigenvalue weighted by Gasteiger charge is -2.29. The first-order chi connectivity index (χ1) is 16.4. The van der Waals surface area contributed by atoms with Crippen LogP contribution in [0.15, 0.2) is 60.9 Å². The fourth-order valence-electron chi connectivity index (χ4n) is 3.72. The predicted molar refractivity (Wildman–Crippen MR) is 131 cm³/mol. The number of amides is 1. The molecule has 0 unspecified atom stereocenters. The number of carbonyl (C=O) groups is 1. The summed E-state index contributed by atoms with van der Waals surface area (Å²) >= 11 is 0. The number of nitrogens with one attached hydrogen (secondary N) is 1. The summed E-state index contributed by atoms with van der Waals surface area (Å²) in [6.07, 6.45) is 8.15. The van der Waals surface area contributed by atoms with E-state index in [2.05, 4.69) is 10.3 Å². The SMILES string of the molecule is COc1cc(NC(=O)c2ccc3c(c2OC)C=CC(C)(C)O3)ccc1OCCc1cccnc1. The Morgan fingerprint density at radius 3 is 2.68 bits per heavy atom. The van der Waals surface area contributed by atoms with Crippen molar-refractivity contribution in [1.82, 2.24) is 4.98 Å². The molecule has 7 heteroatoms. The Bertz CT molecular complexity index is 1210. The molecule has 2 aromatic carbocycles. The van der Waals surface area contributed by atoms with Crippen molar-refractivity contribution in [3.63, 3.8) is 0 Å². The van der Waals surface area contributed by atoms with E-state index in [1.807, 2.05) is 44.3 Å². The zero-order valence-corrected chi connectivity index (χ0v) is 19.8. The van der Waals surface area contributed by atoms with Crippen LogP contribution in [0.3, 0.4) is 0 Å². The van der Waals surface area contributed by atoms with Crippen molar-refractivity contribution >= 4 is 17.7 Å². The van der Waals surface area contributed by atoms with Gasteiger partial charge in [0.25, 0.3) is 5.91 Å². The van der Waals surface area contributed by atoms with Gasteiger partial charge in [0, 0.05) is 30.6 Å². The third kappa shape index (κ3) is 5.14. The number of hydrogen-bond donors (Lipinski definition) is 1. The molecular formula is C27H28N2O5. The van der Waals surface area contributed by atoms with E-state index in [4.69, 9.17) is 18.9 Å². The minimum atomic E-state index is -0.417. The second-order valence-electron chi connectivity index (χ2n) is 8.38. The van der Waals surface area contributed by atoms with Gasteiger partial charge in [0.2, 0.25) is 0 Å². The Morgan fingerprint density at radius 2 is 1.94 bits per heavy atom. The number of carbonyl (C=O) groups excluding carboxylic acids is 1. The summed E-state index contributed by atoms with van der Waals surface area (Å²) in [5, 5.41) is 2.91. The van der Waals surface area contributed by atoms with Gasteiger partial charge in [-0.2, -0.15) is 0 Å². The smallest absolute Gasteiger partial charge is 0.259 e. The van der Waals surface area contributed by atoms with Crippen LogP contribution in [0.5, 0.6) is 23.0 Å². The van der Waals surface area contributed by atoms with E-state index >= 15 is 0 Å². The zero-order chi connectivity index (χ0) is 24.1. The molecule has 1 aliphatic rings. The molecule has 0 saturated heterocycles. The summed E-state index contributed by atoms with van der Waals surface area (Å²) in [6.45, 7) is 4.42. The minimum absolute atomic E-state index is 0.301. The standard InChI is InChI=1S/C27H28N2O5/c1-27(2)13-11-20-22(34-27)10-8-21(25(20)32-4)26(30)29-19-7-9-23(24(16-19)31-3)33-15-12-18-6-5-14-28-17-18/h5-11,13-14,16-17H,12,15H2,1-4H3,(H,29,30). The maximum absolute atomic E-state index is 13.1. The molecule has 0 bridgehead atoms. The third-order valence-corrected chi connectivity index (χ3v) is 5.42. The highest BCUT2D eigenvalue weighted by Crippen LogP contribution is 2.39. The van der Waals surface area contributed by atoms with Gasteiger partial charge in [-0.15, -0.1) is 0 Å². The summed E-state index contributed by atoms with van der Waals surface area (Å²) in [4.78, 5) is 17.2. The zero-order valence-electron chi connectivity index (χ0n) is 19.8. The van der Waals surface area contributed by atoms with Crippen LogP contribution in [0, 0.1) is 0 Å². The molecule has 176 valence electrons. The summed E-state index contributed by atoms with van der Waals surface area (Å²) in [5.41, 5.74) is 2.40. The highest BCUT2D eigenvalue weighted by molar-refractivity contribution is 6.07. The number of aromatic nitrogens is 1. The molecule has 0 aliphatic carbocycles. The van der Waals surface area contributed by atoms with Crippen molar-refractivity contribution in [2.75, 3.05) is 26.1 Å². The Labute approximate surface area is 199 Å². The second kappa shape index (κ2) is 9.87. The van der Waals surface area contributed by atoms with Gasteiger partial charge in [0.15, 0.2) is 11.5 Å². The van der Waals surface area contributed by atoms with Crippen LogP contribution in [-0.2, 0) is 6.42 Å². The van der Waals surface area contributed by atoms with Crippen LogP contribution < -0.4 is 24.3 Å². The highest BCUT2D eigenvalue weighted by atomic mass is 16.5. The molecule has 0 radical (unpaired) electrons. The average molecular weight is 461 g/mol. The number of benzene rings is 2. The topological polar surface area (TPSA) is 78.9 Å². The molecule has 3 aromatic rings. The van der Waals surface area contributed by atoms with Crippen LogP contribution in [0.1, 0.15) is 35.3 Å². The van der Waals surface area contributed by atoms with Crippen molar-refractivity contribution in [2.45, 2.75) is 25.9 Å². The van der Waals surface area contributed by atoms with E-state index in [1.54, 1.807) is 50.7 Å². The van der Waals surface area contributed by atoms with Crippen molar-refractivity contribution < 1.29 is 23.7 Å². The first-order valence-electron chi connectivity index (χ1n) is 11.0. The van der Waals surface area contributed by atoms with Gasteiger partial charge in [0.05, 0.1) is 32.0 Å². The first-order valence-corrected chi connectivity index (χ1v) is 11.0. The van der Waals surface area contributed by atoms with Gasteiger partial charge in [-0.3, -0.25) is 9.78 Å². The van der Waals surface area contributed by atoms with Gasteiger partial charge < -0.3 is 24.3 Å². The van der Waals surface area contributed by atoms with Crippen molar-refractivity contribution in [1.29, 1.82) is 0 Å². The molecule has 34 heavy (non-hydrogen) atoms. The van der Waals surface area contributed by atoms with Crippen molar-refractivity contribution in [3.8, 4) is 23.0 Å². The molecule has 1 aromatic heterocycles. The largest absolute Gasteiger partial charge is 0.495 e. The van der Waals surface area contributed by atoms with Gasteiger partial charge in [-0.05, 0) is 61.9 Å². The number of rotatable bonds is 8. The van der Waals surface area contributed by atoms with Gasteiger partial charge in [-0.1, -0.05) is 6.07 Å². The molecule has 7 nitrogen and oxygen atoms in total. The number of anilines is 1. The molecular weight excluding hydrogens is 432 g/mol. The van der Waals surface area contributed by atoms with E-state index in [9.17, 15) is 4.79 Å². The summed E-state index contributed by atoms with van der Waals surface area (Å²) in [5.74, 6) is 1.96. The fourth-order valence-corrected chi connectivity index (χ4v) is 3.72. The number of nitrogens with zero attached hydrogens (tertiary/aromatic N) is 1. The second-order valence-corrected chi connectivity index (χ2v) is 8.38. The van der Waals surface area contributed by atoms with E-state index < -0.39 is 5.60 Å². The van der Waals surface area contributed by atoms with E-state index in [0.29, 0.717) is 40.9 Å². The van der Waals surface area contributed by atoms with Crippen molar-refractivity contribution in [2.24, 2.45) is 0 Å². The number of pyridine rings is 1.